The van der Waals surface area contributed by atoms with Crippen LogP contribution in [0.2, 0.25) is 0 Å². The second-order valence-electron chi connectivity index (χ2n) is 3.39. The molecule has 1 aliphatic rings. The highest BCUT2D eigenvalue weighted by Crippen LogP contribution is 2.21. The van der Waals surface area contributed by atoms with Gasteiger partial charge in [-0.2, -0.15) is 0 Å². The van der Waals surface area contributed by atoms with E-state index in [0.717, 1.165) is 0 Å². The number of rotatable bonds is 4. The van der Waals surface area contributed by atoms with E-state index in [2.05, 4.69) is 0 Å². The van der Waals surface area contributed by atoms with E-state index in [1.165, 1.54) is 0 Å². The number of sulfone groups is 1. The van der Waals surface area contributed by atoms with Crippen LogP contribution in [0.1, 0.15) is 13.3 Å². The minimum absolute atomic E-state index is 0.112. The van der Waals surface area contributed by atoms with Gasteiger partial charge < -0.3 is 9.84 Å². The summed E-state index contributed by atoms with van der Waals surface area (Å²) in [5.41, 5.74) is 0. The summed E-state index contributed by atoms with van der Waals surface area (Å²) in [5, 5.41) is 9.52. The molecule has 0 radical (unpaired) electrons. The molecule has 0 spiro atoms. The first kappa shape index (κ1) is 10.9. The molecule has 0 aromatic carbocycles. The molecule has 13 heavy (non-hydrogen) atoms. The number of hydrogen-bond donors (Lipinski definition) is 1. The standard InChI is InChI=1S/C8H16O4S/c1-2-12-5-8(9)7-3-4-13(10,11)6-7/h7-9H,2-6H2,1H3. The number of aliphatic hydroxyl groups is 1. The van der Waals surface area contributed by atoms with Crippen molar-refractivity contribution in [2.45, 2.75) is 19.4 Å². The Kier molecular flexibility index (Phi) is 3.70. The molecule has 0 aliphatic carbocycles. The van der Waals surface area contributed by atoms with Gasteiger partial charge in [0.05, 0.1) is 24.2 Å². The minimum atomic E-state index is -2.88. The van der Waals surface area contributed by atoms with Gasteiger partial charge >= 0.3 is 0 Å². The zero-order valence-corrected chi connectivity index (χ0v) is 8.59. The molecule has 1 saturated heterocycles. The lowest BCUT2D eigenvalue weighted by atomic mass is 10.0. The first-order valence-electron chi connectivity index (χ1n) is 4.51. The first-order valence-corrected chi connectivity index (χ1v) is 6.33. The average Bonchev–Trinajstić information content (AvgIpc) is 2.42. The van der Waals surface area contributed by atoms with Gasteiger partial charge in [0, 0.05) is 12.5 Å². The van der Waals surface area contributed by atoms with E-state index < -0.39 is 15.9 Å². The van der Waals surface area contributed by atoms with Crippen molar-refractivity contribution in [1.82, 2.24) is 0 Å². The lowest BCUT2D eigenvalue weighted by molar-refractivity contribution is 0.0153. The molecule has 4 nitrogen and oxygen atoms in total. The van der Waals surface area contributed by atoms with Gasteiger partial charge in [-0.25, -0.2) is 8.42 Å². The van der Waals surface area contributed by atoms with Crippen LogP contribution in [-0.4, -0.2) is 44.3 Å². The van der Waals surface area contributed by atoms with E-state index in [4.69, 9.17) is 4.74 Å². The van der Waals surface area contributed by atoms with E-state index in [0.29, 0.717) is 13.0 Å². The number of aliphatic hydroxyl groups excluding tert-OH is 1. The van der Waals surface area contributed by atoms with Crippen LogP contribution in [0, 0.1) is 5.92 Å². The Labute approximate surface area is 78.8 Å². The zero-order valence-electron chi connectivity index (χ0n) is 7.77. The van der Waals surface area contributed by atoms with Gasteiger partial charge in [0.15, 0.2) is 9.84 Å². The average molecular weight is 208 g/mol. The third-order valence-electron chi connectivity index (χ3n) is 2.30. The third-order valence-corrected chi connectivity index (χ3v) is 4.10. The van der Waals surface area contributed by atoms with E-state index >= 15 is 0 Å². The van der Waals surface area contributed by atoms with Crippen LogP contribution in [0.4, 0.5) is 0 Å². The van der Waals surface area contributed by atoms with Crippen molar-refractivity contribution >= 4 is 9.84 Å². The Bertz CT molecular complexity index is 247. The molecule has 1 rings (SSSR count). The second-order valence-corrected chi connectivity index (χ2v) is 5.62. The highest BCUT2D eigenvalue weighted by Gasteiger charge is 2.32. The van der Waals surface area contributed by atoms with Crippen molar-refractivity contribution in [2.24, 2.45) is 5.92 Å². The smallest absolute Gasteiger partial charge is 0.150 e. The summed E-state index contributed by atoms with van der Waals surface area (Å²) in [6, 6.07) is 0. The third kappa shape index (κ3) is 3.25. The maximum Gasteiger partial charge on any atom is 0.150 e. The molecule has 5 heteroatoms. The molecule has 2 atom stereocenters. The molecule has 0 saturated carbocycles. The zero-order chi connectivity index (χ0) is 9.90. The SMILES string of the molecule is CCOCC(O)C1CCS(=O)(=O)C1. The molecule has 2 unspecified atom stereocenters. The van der Waals surface area contributed by atoms with Crippen molar-refractivity contribution < 1.29 is 18.3 Å². The molecular formula is C8H16O4S. The fourth-order valence-electron chi connectivity index (χ4n) is 1.50. The molecule has 1 N–H and O–H groups in total. The maximum absolute atomic E-state index is 11.1. The highest BCUT2D eigenvalue weighted by atomic mass is 32.2. The molecule has 0 bridgehead atoms. The summed E-state index contributed by atoms with van der Waals surface area (Å²) >= 11 is 0. The summed E-state index contributed by atoms with van der Waals surface area (Å²) in [6.45, 7) is 2.64. The van der Waals surface area contributed by atoms with Crippen molar-refractivity contribution in [1.29, 1.82) is 0 Å². The van der Waals surface area contributed by atoms with Crippen LogP contribution >= 0.6 is 0 Å². The van der Waals surface area contributed by atoms with Crippen molar-refractivity contribution in [3.8, 4) is 0 Å². The normalized spacial score (nSPS) is 28.9. The summed E-state index contributed by atoms with van der Waals surface area (Å²) in [7, 11) is -2.88. The largest absolute Gasteiger partial charge is 0.390 e. The van der Waals surface area contributed by atoms with Crippen molar-refractivity contribution in [3.05, 3.63) is 0 Å². The lowest BCUT2D eigenvalue weighted by Crippen LogP contribution is -2.26. The quantitative estimate of drug-likeness (QED) is 0.696. The van der Waals surface area contributed by atoms with E-state index in [1.54, 1.807) is 0 Å². The van der Waals surface area contributed by atoms with Gasteiger partial charge in [0.2, 0.25) is 0 Å². The van der Waals surface area contributed by atoms with Crippen molar-refractivity contribution in [3.63, 3.8) is 0 Å². The van der Waals surface area contributed by atoms with Gasteiger partial charge in [0.25, 0.3) is 0 Å². The van der Waals surface area contributed by atoms with Crippen LogP contribution in [0.5, 0.6) is 0 Å². The van der Waals surface area contributed by atoms with Crippen LogP contribution in [0.15, 0.2) is 0 Å². The van der Waals surface area contributed by atoms with E-state index in [-0.39, 0.29) is 24.0 Å². The Morgan fingerprint density at radius 1 is 1.62 bits per heavy atom. The summed E-state index contributed by atoms with van der Waals surface area (Å²) in [6.07, 6.45) is -0.0615. The Morgan fingerprint density at radius 2 is 2.31 bits per heavy atom. The summed E-state index contributed by atoms with van der Waals surface area (Å²) < 4.78 is 27.2. The predicted octanol–water partition coefficient (Wildman–Crippen LogP) is -0.181. The number of ether oxygens (including phenoxy) is 1. The fraction of sp³-hybridized carbons (Fsp3) is 1.00. The maximum atomic E-state index is 11.1. The fourth-order valence-corrected chi connectivity index (χ4v) is 3.37. The van der Waals surface area contributed by atoms with Gasteiger partial charge in [-0.3, -0.25) is 0 Å². The highest BCUT2D eigenvalue weighted by molar-refractivity contribution is 7.91. The van der Waals surface area contributed by atoms with Crippen LogP contribution in [-0.2, 0) is 14.6 Å². The monoisotopic (exact) mass is 208 g/mol. The Morgan fingerprint density at radius 3 is 2.77 bits per heavy atom. The first-order chi connectivity index (χ1) is 6.05. The molecule has 0 amide bonds. The minimum Gasteiger partial charge on any atom is -0.390 e. The molecule has 1 heterocycles. The number of hydrogen-bond acceptors (Lipinski definition) is 4. The molecule has 1 aliphatic heterocycles. The Hall–Kier alpha value is -0.130. The van der Waals surface area contributed by atoms with Gasteiger partial charge in [-0.15, -0.1) is 0 Å². The van der Waals surface area contributed by atoms with Gasteiger partial charge in [-0.1, -0.05) is 0 Å². The molecule has 0 aromatic rings. The predicted molar refractivity (Wildman–Crippen MR) is 49.3 cm³/mol. The van der Waals surface area contributed by atoms with Gasteiger partial charge in [0.1, 0.15) is 0 Å². The van der Waals surface area contributed by atoms with Gasteiger partial charge in [-0.05, 0) is 13.3 Å². The van der Waals surface area contributed by atoms with Crippen LogP contribution in [0.3, 0.4) is 0 Å². The molecular weight excluding hydrogens is 192 g/mol. The van der Waals surface area contributed by atoms with Crippen LogP contribution < -0.4 is 0 Å². The van der Waals surface area contributed by atoms with E-state index in [9.17, 15) is 13.5 Å². The topological polar surface area (TPSA) is 63.6 Å². The second kappa shape index (κ2) is 4.39. The van der Waals surface area contributed by atoms with Crippen LogP contribution in [0.25, 0.3) is 0 Å². The molecule has 0 aromatic heterocycles. The van der Waals surface area contributed by atoms with E-state index in [1.807, 2.05) is 6.92 Å². The van der Waals surface area contributed by atoms with Crippen molar-refractivity contribution in [2.75, 3.05) is 24.7 Å². The lowest BCUT2D eigenvalue weighted by Gasteiger charge is -2.15. The summed E-state index contributed by atoms with van der Waals surface area (Å²) in [4.78, 5) is 0. The summed E-state index contributed by atoms with van der Waals surface area (Å²) in [5.74, 6) is 0.193. The molecule has 78 valence electrons. The Balaban J connectivity index is 2.37. The molecule has 1 fully saturated rings.